The van der Waals surface area contributed by atoms with Gasteiger partial charge in [-0.2, -0.15) is 0 Å². The van der Waals surface area contributed by atoms with Crippen LogP contribution in [0.2, 0.25) is 0 Å². The predicted molar refractivity (Wildman–Crippen MR) is 90.6 cm³/mol. The van der Waals surface area contributed by atoms with Gasteiger partial charge in [0.1, 0.15) is 0 Å². The minimum absolute atomic E-state index is 0.120. The first-order valence-electron chi connectivity index (χ1n) is 9.03. The van der Waals surface area contributed by atoms with Gasteiger partial charge >= 0.3 is 0 Å². The number of rotatable bonds is 3. The Bertz CT molecular complexity index is 673. The van der Waals surface area contributed by atoms with Gasteiger partial charge in [-0.1, -0.05) is 0 Å². The molecule has 3 heterocycles. The lowest BCUT2D eigenvalue weighted by molar-refractivity contribution is -0.146. The molecule has 1 aromatic heterocycles. The summed E-state index contributed by atoms with van der Waals surface area (Å²) in [5.74, 6) is 1.30. The number of carbonyl (C=O) groups is 2. The molecule has 1 unspecified atom stereocenters. The van der Waals surface area contributed by atoms with Gasteiger partial charge in [0, 0.05) is 42.5 Å². The van der Waals surface area contributed by atoms with Gasteiger partial charge in [-0.3, -0.25) is 14.6 Å². The Morgan fingerprint density at radius 3 is 2.54 bits per heavy atom. The van der Waals surface area contributed by atoms with E-state index in [9.17, 15) is 9.59 Å². The van der Waals surface area contributed by atoms with Crippen molar-refractivity contribution >= 4 is 11.8 Å². The molecule has 5 nitrogen and oxygen atoms in total. The first kappa shape index (κ1) is 15.6. The van der Waals surface area contributed by atoms with Crippen LogP contribution in [-0.2, 0) is 4.79 Å². The fourth-order valence-electron chi connectivity index (χ4n) is 4.08. The summed E-state index contributed by atoms with van der Waals surface area (Å²) in [5, 5.41) is 3.05. The molecule has 1 N–H and O–H groups in total. The molecule has 0 spiro atoms. The summed E-state index contributed by atoms with van der Waals surface area (Å²) in [7, 11) is 0. The molecule has 128 valence electrons. The lowest BCUT2D eigenvalue weighted by Crippen LogP contribution is -2.68. The third-order valence-corrected chi connectivity index (χ3v) is 5.97. The standard InChI is InChI=1S/C19H25N3O2/c1-19(2)16(21-18(19)24)13-6-9-22(10-7-13)17(23)14-5-8-20-15(11-14)12-3-4-12/h5,8,11-13,16H,3-4,6-7,9-10H2,1-2H3,(H,21,24). The van der Waals surface area contributed by atoms with E-state index in [-0.39, 0.29) is 23.3 Å². The maximum atomic E-state index is 12.8. The molecule has 2 aliphatic heterocycles. The highest BCUT2D eigenvalue weighted by atomic mass is 16.2. The van der Waals surface area contributed by atoms with Gasteiger partial charge in [0.15, 0.2) is 0 Å². The Morgan fingerprint density at radius 2 is 1.96 bits per heavy atom. The summed E-state index contributed by atoms with van der Waals surface area (Å²) in [5.41, 5.74) is 1.57. The first-order valence-corrected chi connectivity index (χ1v) is 9.03. The maximum Gasteiger partial charge on any atom is 0.253 e. The number of hydrogen-bond acceptors (Lipinski definition) is 3. The number of β-lactam (4-membered cyclic amide) rings is 1. The van der Waals surface area contributed by atoms with Crippen molar-refractivity contribution in [1.82, 2.24) is 15.2 Å². The third kappa shape index (κ3) is 2.60. The Morgan fingerprint density at radius 1 is 1.25 bits per heavy atom. The second-order valence-corrected chi connectivity index (χ2v) is 8.05. The predicted octanol–water partition coefficient (Wildman–Crippen LogP) is 2.34. The minimum Gasteiger partial charge on any atom is -0.351 e. The fourth-order valence-corrected chi connectivity index (χ4v) is 4.08. The van der Waals surface area contributed by atoms with E-state index in [1.54, 1.807) is 6.20 Å². The largest absolute Gasteiger partial charge is 0.351 e. The molecule has 5 heteroatoms. The number of nitrogens with one attached hydrogen (secondary N) is 1. The van der Waals surface area contributed by atoms with Crippen molar-refractivity contribution in [3.63, 3.8) is 0 Å². The molecule has 0 radical (unpaired) electrons. The topological polar surface area (TPSA) is 62.3 Å². The van der Waals surface area contributed by atoms with E-state index < -0.39 is 0 Å². The number of amides is 2. The van der Waals surface area contributed by atoms with Gasteiger partial charge in [-0.05, 0) is 57.6 Å². The van der Waals surface area contributed by atoms with Gasteiger partial charge in [0.25, 0.3) is 5.91 Å². The van der Waals surface area contributed by atoms with Crippen molar-refractivity contribution in [1.29, 1.82) is 0 Å². The van der Waals surface area contributed by atoms with Crippen LogP contribution in [0.4, 0.5) is 0 Å². The van der Waals surface area contributed by atoms with E-state index in [1.807, 2.05) is 30.9 Å². The molecule has 1 atom stereocenters. The van der Waals surface area contributed by atoms with E-state index >= 15 is 0 Å². The highest BCUT2D eigenvalue weighted by molar-refractivity contribution is 5.94. The summed E-state index contributed by atoms with van der Waals surface area (Å²) >= 11 is 0. The van der Waals surface area contributed by atoms with Gasteiger partial charge in [-0.25, -0.2) is 0 Å². The second kappa shape index (κ2) is 5.57. The van der Waals surface area contributed by atoms with E-state index in [4.69, 9.17) is 0 Å². The minimum atomic E-state index is -0.263. The molecule has 0 aromatic carbocycles. The van der Waals surface area contributed by atoms with Gasteiger partial charge in [0.05, 0.1) is 5.41 Å². The van der Waals surface area contributed by atoms with Crippen molar-refractivity contribution < 1.29 is 9.59 Å². The number of pyridine rings is 1. The summed E-state index contributed by atoms with van der Waals surface area (Å²) < 4.78 is 0. The molecule has 1 saturated carbocycles. The van der Waals surface area contributed by atoms with Gasteiger partial charge in [0.2, 0.25) is 5.91 Å². The number of likely N-dealkylation sites (tertiary alicyclic amines) is 1. The summed E-state index contributed by atoms with van der Waals surface area (Å²) in [6.07, 6.45) is 6.07. The maximum absolute atomic E-state index is 12.8. The quantitative estimate of drug-likeness (QED) is 0.867. The van der Waals surface area contributed by atoms with Crippen LogP contribution in [0.5, 0.6) is 0 Å². The summed E-state index contributed by atoms with van der Waals surface area (Å²) in [4.78, 5) is 30.8. The Balaban J connectivity index is 1.38. The lowest BCUT2D eigenvalue weighted by Gasteiger charge is -2.50. The zero-order valence-electron chi connectivity index (χ0n) is 14.4. The Labute approximate surface area is 142 Å². The van der Waals surface area contributed by atoms with Crippen LogP contribution < -0.4 is 5.32 Å². The molecule has 0 bridgehead atoms. The van der Waals surface area contributed by atoms with Crippen LogP contribution in [0.15, 0.2) is 18.3 Å². The van der Waals surface area contributed by atoms with E-state index in [0.29, 0.717) is 11.8 Å². The van der Waals surface area contributed by atoms with Gasteiger partial charge in [-0.15, -0.1) is 0 Å². The molecule has 2 amide bonds. The average Bonchev–Trinajstić information content (AvgIpc) is 3.44. The summed E-state index contributed by atoms with van der Waals surface area (Å²) in [6.45, 7) is 5.58. The normalized spacial score (nSPS) is 26.7. The molecule has 4 rings (SSSR count). The monoisotopic (exact) mass is 327 g/mol. The lowest BCUT2D eigenvalue weighted by atomic mass is 9.68. The average molecular weight is 327 g/mol. The molecule has 3 fully saturated rings. The zero-order chi connectivity index (χ0) is 16.9. The third-order valence-electron chi connectivity index (χ3n) is 5.97. The second-order valence-electron chi connectivity index (χ2n) is 8.05. The molecule has 1 aliphatic carbocycles. The Hall–Kier alpha value is -1.91. The van der Waals surface area contributed by atoms with Crippen LogP contribution >= 0.6 is 0 Å². The van der Waals surface area contributed by atoms with E-state index in [0.717, 1.165) is 37.2 Å². The van der Waals surface area contributed by atoms with Crippen molar-refractivity contribution in [3.8, 4) is 0 Å². The number of piperidine rings is 1. The molecule has 2 saturated heterocycles. The molecular formula is C19H25N3O2. The Kier molecular flexibility index (Phi) is 3.62. The SMILES string of the molecule is CC1(C)C(=O)NC1C1CCN(C(=O)c2ccnc(C3CC3)c2)CC1. The molecule has 24 heavy (non-hydrogen) atoms. The van der Waals surface area contributed by atoms with Crippen molar-refractivity contribution in [3.05, 3.63) is 29.6 Å². The fraction of sp³-hybridized carbons (Fsp3) is 0.632. The van der Waals surface area contributed by atoms with Crippen LogP contribution in [-0.4, -0.2) is 40.8 Å². The highest BCUT2D eigenvalue weighted by Gasteiger charge is 2.51. The number of hydrogen-bond donors (Lipinski definition) is 1. The number of carbonyl (C=O) groups excluding carboxylic acids is 2. The molecule has 3 aliphatic rings. The van der Waals surface area contributed by atoms with Crippen molar-refractivity contribution in [2.75, 3.05) is 13.1 Å². The molecular weight excluding hydrogens is 302 g/mol. The number of aromatic nitrogens is 1. The van der Waals surface area contributed by atoms with Crippen LogP contribution in [0.25, 0.3) is 0 Å². The van der Waals surface area contributed by atoms with Crippen LogP contribution in [0, 0.1) is 11.3 Å². The van der Waals surface area contributed by atoms with Crippen molar-refractivity contribution in [2.24, 2.45) is 11.3 Å². The van der Waals surface area contributed by atoms with E-state index in [2.05, 4.69) is 10.3 Å². The van der Waals surface area contributed by atoms with Crippen LogP contribution in [0.1, 0.15) is 61.5 Å². The summed E-state index contributed by atoms with van der Waals surface area (Å²) in [6, 6.07) is 4.06. The molecule has 1 aromatic rings. The van der Waals surface area contributed by atoms with Crippen LogP contribution in [0.3, 0.4) is 0 Å². The van der Waals surface area contributed by atoms with Crippen molar-refractivity contribution in [2.45, 2.75) is 51.5 Å². The smallest absolute Gasteiger partial charge is 0.253 e. The van der Waals surface area contributed by atoms with E-state index in [1.165, 1.54) is 12.8 Å². The highest BCUT2D eigenvalue weighted by Crippen LogP contribution is 2.40. The zero-order valence-corrected chi connectivity index (χ0v) is 14.4. The number of nitrogens with zero attached hydrogens (tertiary/aromatic N) is 2. The first-order chi connectivity index (χ1) is 11.5. The van der Waals surface area contributed by atoms with Gasteiger partial charge < -0.3 is 10.2 Å².